The van der Waals surface area contributed by atoms with Gasteiger partial charge in [0.1, 0.15) is 6.04 Å². The Morgan fingerprint density at radius 1 is 1.33 bits per heavy atom. The van der Waals surface area contributed by atoms with Crippen LogP contribution in [0.5, 0.6) is 0 Å². The van der Waals surface area contributed by atoms with Crippen molar-refractivity contribution >= 4 is 23.3 Å². The molecule has 0 aliphatic rings. The molecule has 0 saturated heterocycles. The molecule has 0 fully saturated rings. The number of hydrogen-bond donors (Lipinski definition) is 3. The zero-order valence-corrected chi connectivity index (χ0v) is 14.6. The minimum absolute atomic E-state index is 0.138. The topological polar surface area (TPSA) is 81.7 Å². The molecule has 3 N–H and O–H groups in total. The van der Waals surface area contributed by atoms with E-state index in [1.807, 2.05) is 25.1 Å². The van der Waals surface area contributed by atoms with Crippen molar-refractivity contribution in [3.63, 3.8) is 0 Å². The van der Waals surface area contributed by atoms with Crippen LogP contribution in [-0.2, 0) is 9.59 Å². The van der Waals surface area contributed by atoms with Crippen molar-refractivity contribution in [2.45, 2.75) is 33.2 Å². The Morgan fingerprint density at radius 3 is 2.50 bits per heavy atom. The van der Waals surface area contributed by atoms with Gasteiger partial charge < -0.3 is 20.6 Å². The Balaban J connectivity index is 2.76. The lowest BCUT2D eigenvalue weighted by Gasteiger charge is -2.22. The SMILES string of the molecule is C=CCNC(CC(=O)Nc1ccc(N(CC)CC)cc1C)C(=O)O. The van der Waals surface area contributed by atoms with Crippen LogP contribution >= 0.6 is 0 Å². The van der Waals surface area contributed by atoms with E-state index in [0.717, 1.165) is 24.3 Å². The number of aliphatic carboxylic acids is 1. The van der Waals surface area contributed by atoms with E-state index in [4.69, 9.17) is 5.11 Å². The van der Waals surface area contributed by atoms with Crippen LogP contribution in [0.3, 0.4) is 0 Å². The predicted molar refractivity (Wildman–Crippen MR) is 97.6 cm³/mol. The molecule has 0 aromatic heterocycles. The third-order valence-electron chi connectivity index (χ3n) is 3.81. The van der Waals surface area contributed by atoms with Crippen molar-refractivity contribution in [2.24, 2.45) is 0 Å². The first kappa shape index (κ1) is 19.7. The minimum atomic E-state index is -1.05. The first-order valence-corrected chi connectivity index (χ1v) is 8.15. The van der Waals surface area contributed by atoms with Crippen LogP contribution in [0.2, 0.25) is 0 Å². The van der Waals surface area contributed by atoms with Crippen LogP contribution in [0.4, 0.5) is 11.4 Å². The van der Waals surface area contributed by atoms with Gasteiger partial charge in [0.25, 0.3) is 0 Å². The van der Waals surface area contributed by atoms with E-state index in [9.17, 15) is 9.59 Å². The summed E-state index contributed by atoms with van der Waals surface area (Å²) < 4.78 is 0. The maximum absolute atomic E-state index is 12.1. The van der Waals surface area contributed by atoms with Gasteiger partial charge in [-0.2, -0.15) is 0 Å². The molecule has 1 aromatic carbocycles. The molecule has 6 heteroatoms. The zero-order chi connectivity index (χ0) is 18.1. The van der Waals surface area contributed by atoms with Gasteiger partial charge in [0, 0.05) is 31.0 Å². The predicted octanol–water partition coefficient (Wildman–Crippen LogP) is 2.40. The minimum Gasteiger partial charge on any atom is -0.480 e. The summed E-state index contributed by atoms with van der Waals surface area (Å²) in [5.41, 5.74) is 2.74. The molecule has 1 atom stereocenters. The first-order chi connectivity index (χ1) is 11.4. The summed E-state index contributed by atoms with van der Waals surface area (Å²) in [6.45, 7) is 11.8. The molecule has 0 bridgehead atoms. The standard InChI is InChI=1S/C18H27N3O3/c1-5-10-19-16(18(23)24)12-17(22)20-15-9-8-14(11-13(15)4)21(6-2)7-3/h5,8-9,11,16,19H,1,6-7,10,12H2,2-4H3,(H,20,22)(H,23,24). The third kappa shape index (κ3) is 5.70. The Bertz CT molecular complexity index is 583. The molecule has 0 saturated carbocycles. The quantitative estimate of drug-likeness (QED) is 0.573. The number of carboxylic acids is 1. The fourth-order valence-corrected chi connectivity index (χ4v) is 2.43. The summed E-state index contributed by atoms with van der Waals surface area (Å²) in [6, 6.07) is 4.90. The lowest BCUT2D eigenvalue weighted by molar-refractivity contribution is -0.140. The molecule has 6 nitrogen and oxygen atoms in total. The highest BCUT2D eigenvalue weighted by Crippen LogP contribution is 2.22. The Morgan fingerprint density at radius 2 is 2.00 bits per heavy atom. The Kier molecular flexibility index (Phi) is 7.98. The highest BCUT2D eigenvalue weighted by molar-refractivity contribution is 5.94. The summed E-state index contributed by atoms with van der Waals surface area (Å²) in [7, 11) is 0. The summed E-state index contributed by atoms with van der Waals surface area (Å²) in [6.07, 6.45) is 1.42. The maximum atomic E-state index is 12.1. The second-order valence-electron chi connectivity index (χ2n) is 5.51. The summed E-state index contributed by atoms with van der Waals surface area (Å²) >= 11 is 0. The van der Waals surface area contributed by atoms with Crippen molar-refractivity contribution in [3.05, 3.63) is 36.4 Å². The van der Waals surface area contributed by atoms with E-state index in [0.29, 0.717) is 12.2 Å². The van der Waals surface area contributed by atoms with Crippen molar-refractivity contribution in [2.75, 3.05) is 29.9 Å². The monoisotopic (exact) mass is 333 g/mol. The Labute approximate surface area is 143 Å². The molecule has 132 valence electrons. The van der Waals surface area contributed by atoms with Gasteiger partial charge in [-0.3, -0.25) is 9.59 Å². The van der Waals surface area contributed by atoms with E-state index in [2.05, 4.69) is 36.0 Å². The number of hydrogen-bond acceptors (Lipinski definition) is 4. The number of nitrogens with zero attached hydrogens (tertiary/aromatic N) is 1. The average Bonchev–Trinajstić information content (AvgIpc) is 2.54. The number of aryl methyl sites for hydroxylation is 1. The number of nitrogens with one attached hydrogen (secondary N) is 2. The van der Waals surface area contributed by atoms with Gasteiger partial charge in [-0.1, -0.05) is 6.08 Å². The molecule has 24 heavy (non-hydrogen) atoms. The smallest absolute Gasteiger partial charge is 0.321 e. The van der Waals surface area contributed by atoms with E-state index in [1.54, 1.807) is 6.08 Å². The van der Waals surface area contributed by atoms with Crippen molar-refractivity contribution in [1.82, 2.24) is 5.32 Å². The molecule has 0 radical (unpaired) electrons. The van der Waals surface area contributed by atoms with E-state index >= 15 is 0 Å². The number of benzene rings is 1. The highest BCUT2D eigenvalue weighted by atomic mass is 16.4. The number of rotatable bonds is 10. The van der Waals surface area contributed by atoms with Crippen molar-refractivity contribution in [3.8, 4) is 0 Å². The lowest BCUT2D eigenvalue weighted by atomic mass is 10.1. The molecule has 0 heterocycles. The van der Waals surface area contributed by atoms with E-state index in [-0.39, 0.29) is 12.3 Å². The second-order valence-corrected chi connectivity index (χ2v) is 5.51. The molecule has 0 aliphatic carbocycles. The summed E-state index contributed by atoms with van der Waals surface area (Å²) in [4.78, 5) is 25.5. The molecular weight excluding hydrogens is 306 g/mol. The fraction of sp³-hybridized carbons (Fsp3) is 0.444. The number of anilines is 2. The van der Waals surface area contributed by atoms with Gasteiger partial charge in [0.15, 0.2) is 0 Å². The number of amides is 1. The van der Waals surface area contributed by atoms with Gasteiger partial charge in [-0.25, -0.2) is 0 Å². The number of carbonyl (C=O) groups excluding carboxylic acids is 1. The van der Waals surface area contributed by atoms with Gasteiger partial charge >= 0.3 is 5.97 Å². The van der Waals surface area contributed by atoms with Gasteiger partial charge in [-0.15, -0.1) is 6.58 Å². The molecule has 0 aliphatic heterocycles. The van der Waals surface area contributed by atoms with E-state index < -0.39 is 12.0 Å². The van der Waals surface area contributed by atoms with Gasteiger partial charge in [0.2, 0.25) is 5.91 Å². The number of carboxylic acid groups (broad SMARTS) is 1. The molecule has 1 amide bonds. The van der Waals surface area contributed by atoms with Crippen LogP contribution in [0.15, 0.2) is 30.9 Å². The van der Waals surface area contributed by atoms with Crippen LogP contribution in [-0.4, -0.2) is 42.7 Å². The van der Waals surface area contributed by atoms with Crippen molar-refractivity contribution < 1.29 is 14.7 Å². The molecule has 0 spiro atoms. The van der Waals surface area contributed by atoms with Crippen molar-refractivity contribution in [1.29, 1.82) is 0 Å². The largest absolute Gasteiger partial charge is 0.480 e. The van der Waals surface area contributed by atoms with Crippen LogP contribution in [0, 0.1) is 6.92 Å². The first-order valence-electron chi connectivity index (χ1n) is 8.15. The summed E-state index contributed by atoms with van der Waals surface area (Å²) in [5.74, 6) is -1.39. The fourth-order valence-electron chi connectivity index (χ4n) is 2.43. The third-order valence-corrected chi connectivity index (χ3v) is 3.81. The molecular formula is C18H27N3O3. The summed E-state index contributed by atoms with van der Waals surface area (Å²) in [5, 5.41) is 14.7. The molecule has 1 unspecified atom stereocenters. The van der Waals surface area contributed by atoms with Crippen LogP contribution < -0.4 is 15.5 Å². The maximum Gasteiger partial charge on any atom is 0.321 e. The Hall–Kier alpha value is -2.34. The zero-order valence-electron chi connectivity index (χ0n) is 14.6. The van der Waals surface area contributed by atoms with Gasteiger partial charge in [0.05, 0.1) is 6.42 Å². The molecule has 1 aromatic rings. The van der Waals surface area contributed by atoms with Gasteiger partial charge in [-0.05, 0) is 44.5 Å². The average molecular weight is 333 g/mol. The second kappa shape index (κ2) is 9.72. The van der Waals surface area contributed by atoms with Crippen LogP contribution in [0.1, 0.15) is 25.8 Å². The number of carbonyl (C=O) groups is 2. The normalized spacial score (nSPS) is 11.6. The molecule has 1 rings (SSSR count). The lowest BCUT2D eigenvalue weighted by Crippen LogP contribution is -2.39. The van der Waals surface area contributed by atoms with E-state index in [1.165, 1.54) is 0 Å². The highest BCUT2D eigenvalue weighted by Gasteiger charge is 2.20. The van der Waals surface area contributed by atoms with Crippen LogP contribution in [0.25, 0.3) is 0 Å².